The van der Waals surface area contributed by atoms with Crippen LogP contribution in [0.5, 0.6) is 5.75 Å². The lowest BCUT2D eigenvalue weighted by atomic mass is 10.1. The number of fused-ring (bicyclic) bond motifs is 1. The first kappa shape index (κ1) is 20.6. The summed E-state index contributed by atoms with van der Waals surface area (Å²) < 4.78 is 7.67. The molecular weight excluding hydrogens is 364 g/mol. The molecule has 3 aromatic rings. The van der Waals surface area contributed by atoms with Crippen molar-refractivity contribution in [1.82, 2.24) is 25.2 Å². The van der Waals surface area contributed by atoms with E-state index in [0.717, 1.165) is 62.1 Å². The molecule has 0 saturated heterocycles. The lowest BCUT2D eigenvalue weighted by Gasteiger charge is -2.11. The highest BCUT2D eigenvalue weighted by molar-refractivity contribution is 5.79. The zero-order chi connectivity index (χ0) is 20.3. The second-order valence-corrected chi connectivity index (χ2v) is 6.76. The van der Waals surface area contributed by atoms with Gasteiger partial charge in [-0.25, -0.2) is 4.99 Å². The third-order valence-electron chi connectivity index (χ3n) is 4.50. The van der Waals surface area contributed by atoms with Gasteiger partial charge in [-0.05, 0) is 49.6 Å². The molecule has 0 aliphatic carbocycles. The maximum absolute atomic E-state index is 5.72. The van der Waals surface area contributed by atoms with Crippen LogP contribution in [0.2, 0.25) is 0 Å². The fourth-order valence-electron chi connectivity index (χ4n) is 2.90. The molecule has 7 nitrogen and oxygen atoms in total. The number of rotatable bonds is 10. The van der Waals surface area contributed by atoms with E-state index in [-0.39, 0.29) is 0 Å². The van der Waals surface area contributed by atoms with Crippen molar-refractivity contribution < 1.29 is 4.74 Å². The minimum absolute atomic E-state index is 0.463. The number of unbranched alkanes of at least 4 members (excludes halogenated alkanes) is 1. The molecule has 0 atom stereocenters. The molecular formula is C22H30N6O. The van der Waals surface area contributed by atoms with Crippen molar-refractivity contribution in [2.75, 3.05) is 19.7 Å². The van der Waals surface area contributed by atoms with Crippen molar-refractivity contribution in [2.24, 2.45) is 4.99 Å². The van der Waals surface area contributed by atoms with Gasteiger partial charge in [0.25, 0.3) is 0 Å². The van der Waals surface area contributed by atoms with E-state index in [9.17, 15) is 0 Å². The Morgan fingerprint density at radius 2 is 1.93 bits per heavy atom. The molecule has 2 aromatic heterocycles. The van der Waals surface area contributed by atoms with Gasteiger partial charge in [0, 0.05) is 19.3 Å². The van der Waals surface area contributed by atoms with Crippen molar-refractivity contribution in [1.29, 1.82) is 0 Å². The van der Waals surface area contributed by atoms with E-state index in [4.69, 9.17) is 4.74 Å². The predicted molar refractivity (Wildman–Crippen MR) is 116 cm³/mol. The maximum atomic E-state index is 5.72. The van der Waals surface area contributed by atoms with E-state index in [0.29, 0.717) is 6.54 Å². The Balaban J connectivity index is 1.50. The maximum Gasteiger partial charge on any atom is 0.191 e. The summed E-state index contributed by atoms with van der Waals surface area (Å²) in [6, 6.07) is 14.2. The molecule has 154 valence electrons. The summed E-state index contributed by atoms with van der Waals surface area (Å²) in [4.78, 5) is 4.64. The molecule has 3 rings (SSSR count). The Labute approximate surface area is 172 Å². The van der Waals surface area contributed by atoms with E-state index in [2.05, 4.69) is 51.8 Å². The molecule has 0 radical (unpaired) electrons. The number of nitrogens with one attached hydrogen (secondary N) is 2. The third-order valence-corrected chi connectivity index (χ3v) is 4.50. The van der Waals surface area contributed by atoms with Crippen molar-refractivity contribution in [3.8, 4) is 5.75 Å². The summed E-state index contributed by atoms with van der Waals surface area (Å²) in [5.74, 6) is 2.53. The molecule has 0 aliphatic rings. The van der Waals surface area contributed by atoms with E-state index < -0.39 is 0 Å². The van der Waals surface area contributed by atoms with Crippen LogP contribution >= 0.6 is 0 Å². The lowest BCUT2D eigenvalue weighted by Crippen LogP contribution is -2.38. The summed E-state index contributed by atoms with van der Waals surface area (Å²) >= 11 is 0. The van der Waals surface area contributed by atoms with Gasteiger partial charge in [-0.15, -0.1) is 10.2 Å². The van der Waals surface area contributed by atoms with Gasteiger partial charge in [0.1, 0.15) is 12.3 Å². The van der Waals surface area contributed by atoms with Crippen molar-refractivity contribution in [2.45, 2.75) is 39.7 Å². The predicted octanol–water partition coefficient (Wildman–Crippen LogP) is 3.21. The lowest BCUT2D eigenvalue weighted by molar-refractivity contribution is 0.309. The number of pyridine rings is 1. The summed E-state index contributed by atoms with van der Waals surface area (Å²) in [5.41, 5.74) is 2.09. The van der Waals surface area contributed by atoms with Gasteiger partial charge in [-0.2, -0.15) is 0 Å². The molecule has 2 N–H and O–H groups in total. The van der Waals surface area contributed by atoms with Gasteiger partial charge in [0.05, 0.1) is 6.61 Å². The van der Waals surface area contributed by atoms with Crippen LogP contribution in [0.3, 0.4) is 0 Å². The first-order chi connectivity index (χ1) is 14.3. The summed E-state index contributed by atoms with van der Waals surface area (Å²) in [5, 5.41) is 15.1. The average molecular weight is 395 g/mol. The summed E-state index contributed by atoms with van der Waals surface area (Å²) in [6.45, 7) is 7.06. The molecule has 0 fully saturated rings. The quantitative estimate of drug-likeness (QED) is 0.314. The standard InChI is InChI=1S/C22H30N6O/c1-3-5-16-29-19-11-9-18(10-12-19)13-14-24-22(23-4-2)25-17-21-27-26-20-8-6-7-15-28(20)21/h6-12,15H,3-5,13-14,16-17H2,1-2H3,(H2,23,24,25). The number of nitrogens with zero attached hydrogens (tertiary/aromatic N) is 4. The first-order valence-electron chi connectivity index (χ1n) is 10.3. The van der Waals surface area contributed by atoms with Crippen LogP contribution in [0.15, 0.2) is 53.7 Å². The summed E-state index contributed by atoms with van der Waals surface area (Å²) in [7, 11) is 0. The number of benzene rings is 1. The fourth-order valence-corrected chi connectivity index (χ4v) is 2.90. The largest absolute Gasteiger partial charge is 0.494 e. The Bertz CT molecular complexity index is 903. The van der Waals surface area contributed by atoms with E-state index >= 15 is 0 Å². The van der Waals surface area contributed by atoms with Crippen LogP contribution in [0.4, 0.5) is 0 Å². The van der Waals surface area contributed by atoms with E-state index in [1.165, 1.54) is 5.56 Å². The van der Waals surface area contributed by atoms with Gasteiger partial charge in [0.2, 0.25) is 0 Å². The number of aromatic nitrogens is 3. The molecule has 0 unspecified atom stereocenters. The molecule has 0 spiro atoms. The van der Waals surface area contributed by atoms with Crippen molar-refractivity contribution >= 4 is 11.6 Å². The van der Waals surface area contributed by atoms with Crippen LogP contribution in [-0.4, -0.2) is 40.3 Å². The van der Waals surface area contributed by atoms with Gasteiger partial charge in [-0.3, -0.25) is 4.40 Å². The topological polar surface area (TPSA) is 75.8 Å². The SMILES string of the molecule is CCCCOc1ccc(CCNC(=NCc2nnc3ccccn23)NCC)cc1. The van der Waals surface area contributed by atoms with Crippen LogP contribution in [0.1, 0.15) is 38.1 Å². The highest BCUT2D eigenvalue weighted by atomic mass is 16.5. The minimum atomic E-state index is 0.463. The molecule has 0 amide bonds. The zero-order valence-corrected chi connectivity index (χ0v) is 17.3. The number of aliphatic imine (C=N–C) groups is 1. The van der Waals surface area contributed by atoms with Gasteiger partial charge < -0.3 is 15.4 Å². The Morgan fingerprint density at radius 3 is 2.72 bits per heavy atom. The summed E-state index contributed by atoms with van der Waals surface area (Å²) in [6.07, 6.45) is 5.10. The third kappa shape index (κ3) is 6.20. The number of guanidine groups is 1. The second kappa shape index (κ2) is 11.0. The van der Waals surface area contributed by atoms with Gasteiger partial charge >= 0.3 is 0 Å². The van der Waals surface area contributed by atoms with Gasteiger partial charge in [0.15, 0.2) is 17.4 Å². The minimum Gasteiger partial charge on any atom is -0.494 e. The molecule has 0 bridgehead atoms. The van der Waals surface area contributed by atoms with E-state index in [1.807, 2.05) is 40.9 Å². The first-order valence-corrected chi connectivity index (χ1v) is 10.3. The number of hydrogen-bond donors (Lipinski definition) is 2. The van der Waals surface area contributed by atoms with Crippen LogP contribution in [0, 0.1) is 0 Å². The molecule has 0 saturated carbocycles. The van der Waals surface area contributed by atoms with Crippen molar-refractivity contribution in [3.63, 3.8) is 0 Å². The Morgan fingerprint density at radius 1 is 1.07 bits per heavy atom. The highest BCUT2D eigenvalue weighted by Crippen LogP contribution is 2.13. The highest BCUT2D eigenvalue weighted by Gasteiger charge is 2.05. The molecule has 1 aromatic carbocycles. The number of hydrogen-bond acceptors (Lipinski definition) is 4. The molecule has 29 heavy (non-hydrogen) atoms. The normalized spacial score (nSPS) is 11.6. The monoisotopic (exact) mass is 394 g/mol. The van der Waals surface area contributed by atoms with Crippen molar-refractivity contribution in [3.05, 3.63) is 60.0 Å². The zero-order valence-electron chi connectivity index (χ0n) is 17.3. The molecule has 0 aliphatic heterocycles. The second-order valence-electron chi connectivity index (χ2n) is 6.76. The Kier molecular flexibility index (Phi) is 7.86. The Hall–Kier alpha value is -3.09. The van der Waals surface area contributed by atoms with Crippen LogP contribution in [-0.2, 0) is 13.0 Å². The van der Waals surface area contributed by atoms with Crippen LogP contribution < -0.4 is 15.4 Å². The smallest absolute Gasteiger partial charge is 0.191 e. The number of ether oxygens (including phenoxy) is 1. The van der Waals surface area contributed by atoms with Crippen LogP contribution in [0.25, 0.3) is 5.65 Å². The molecule has 7 heteroatoms. The fraction of sp³-hybridized carbons (Fsp3) is 0.409. The van der Waals surface area contributed by atoms with E-state index in [1.54, 1.807) is 0 Å². The molecule has 2 heterocycles. The van der Waals surface area contributed by atoms with Gasteiger partial charge in [-0.1, -0.05) is 31.5 Å². The average Bonchev–Trinajstić information content (AvgIpc) is 3.16.